The van der Waals surface area contributed by atoms with Crippen molar-refractivity contribution in [3.05, 3.63) is 0 Å². The van der Waals surface area contributed by atoms with Gasteiger partial charge >= 0.3 is 0 Å². The predicted octanol–water partition coefficient (Wildman–Crippen LogP) is 0.242. The Kier molecular flexibility index (Phi) is 7.56. The van der Waals surface area contributed by atoms with Crippen LogP contribution in [-0.2, 0) is 9.59 Å². The van der Waals surface area contributed by atoms with E-state index in [-0.39, 0.29) is 36.8 Å². The minimum Gasteiger partial charge on any atom is -0.347 e. The van der Waals surface area contributed by atoms with E-state index >= 15 is 0 Å². The Balaban J connectivity index is 0.00000180. The number of hydrogen-bond acceptors (Lipinski definition) is 4. The van der Waals surface area contributed by atoms with Crippen molar-refractivity contribution in [1.29, 1.82) is 0 Å². The fraction of sp³-hybridized carbons (Fsp3) is 0.833. The monoisotopic (exact) mass is 307 g/mol. The fourth-order valence-electron chi connectivity index (χ4n) is 2.30. The van der Waals surface area contributed by atoms with Crippen molar-refractivity contribution in [1.82, 2.24) is 15.5 Å². The van der Waals surface area contributed by atoms with Crippen molar-refractivity contribution in [3.63, 3.8) is 0 Å². The minimum absolute atomic E-state index is 0. The van der Waals surface area contributed by atoms with Gasteiger partial charge in [0.2, 0.25) is 11.8 Å². The third kappa shape index (κ3) is 5.58. The van der Waals surface area contributed by atoms with Gasteiger partial charge in [0.1, 0.15) is 0 Å². The number of nitrogens with one attached hydrogen (secondary N) is 2. The van der Waals surface area contributed by atoms with Gasteiger partial charge in [0.25, 0.3) is 0 Å². The number of likely N-dealkylation sites (tertiary alicyclic amines) is 1. The van der Waals surface area contributed by atoms with Crippen LogP contribution in [0.4, 0.5) is 0 Å². The van der Waals surface area contributed by atoms with Gasteiger partial charge in [-0.2, -0.15) is 11.8 Å². The molecule has 110 valence electrons. The summed E-state index contributed by atoms with van der Waals surface area (Å²) in [6.07, 6.45) is 2.64. The largest absolute Gasteiger partial charge is 0.347 e. The van der Waals surface area contributed by atoms with Crippen molar-refractivity contribution >= 4 is 36.0 Å². The summed E-state index contributed by atoms with van der Waals surface area (Å²) >= 11 is 1.87. The standard InChI is InChI=1S/C12H21N3O2S.ClH/c16-11(7-10-9-18-6-3-13-10)14-8-12(17)15-4-1-2-5-15;/h10,13H,1-9H2,(H,14,16);1H. The molecule has 1 unspecified atom stereocenters. The van der Waals surface area contributed by atoms with Crippen LogP contribution in [0.1, 0.15) is 19.3 Å². The topological polar surface area (TPSA) is 61.4 Å². The van der Waals surface area contributed by atoms with E-state index in [4.69, 9.17) is 0 Å². The predicted molar refractivity (Wildman–Crippen MR) is 79.8 cm³/mol. The zero-order valence-corrected chi connectivity index (χ0v) is 12.7. The molecule has 0 bridgehead atoms. The van der Waals surface area contributed by atoms with Gasteiger partial charge in [0.05, 0.1) is 6.54 Å². The highest BCUT2D eigenvalue weighted by molar-refractivity contribution is 7.99. The van der Waals surface area contributed by atoms with Crippen LogP contribution in [0.15, 0.2) is 0 Å². The van der Waals surface area contributed by atoms with Crippen LogP contribution in [0.25, 0.3) is 0 Å². The Morgan fingerprint density at radius 2 is 2.05 bits per heavy atom. The Labute approximate surface area is 124 Å². The smallest absolute Gasteiger partial charge is 0.241 e. The average molecular weight is 308 g/mol. The number of amides is 2. The summed E-state index contributed by atoms with van der Waals surface area (Å²) in [5.41, 5.74) is 0. The molecule has 0 aromatic heterocycles. The highest BCUT2D eigenvalue weighted by atomic mass is 35.5. The molecular formula is C12H22ClN3O2S. The van der Waals surface area contributed by atoms with Crippen molar-refractivity contribution in [2.45, 2.75) is 25.3 Å². The van der Waals surface area contributed by atoms with E-state index in [2.05, 4.69) is 10.6 Å². The van der Waals surface area contributed by atoms with Crippen molar-refractivity contribution in [3.8, 4) is 0 Å². The minimum atomic E-state index is -0.0254. The van der Waals surface area contributed by atoms with Gasteiger partial charge in [0, 0.05) is 43.6 Å². The lowest BCUT2D eigenvalue weighted by Crippen LogP contribution is -2.43. The normalized spacial score (nSPS) is 22.7. The molecule has 0 saturated carbocycles. The summed E-state index contributed by atoms with van der Waals surface area (Å²) < 4.78 is 0. The summed E-state index contributed by atoms with van der Waals surface area (Å²) in [5.74, 6) is 2.12. The van der Waals surface area contributed by atoms with Crippen molar-refractivity contribution in [2.24, 2.45) is 0 Å². The Hall–Kier alpha value is -0.460. The summed E-state index contributed by atoms with van der Waals surface area (Å²) in [4.78, 5) is 25.3. The molecule has 0 spiro atoms. The molecular weight excluding hydrogens is 286 g/mol. The van der Waals surface area contributed by atoms with Gasteiger partial charge in [-0.15, -0.1) is 12.4 Å². The molecule has 2 fully saturated rings. The first-order chi connectivity index (χ1) is 8.75. The first kappa shape index (κ1) is 16.6. The number of halogens is 1. The average Bonchev–Trinajstić information content (AvgIpc) is 2.91. The van der Waals surface area contributed by atoms with Gasteiger partial charge in [-0.1, -0.05) is 0 Å². The number of rotatable bonds is 4. The lowest BCUT2D eigenvalue weighted by atomic mass is 10.2. The SMILES string of the molecule is Cl.O=C(CC1CSCCN1)NCC(=O)N1CCCC1. The molecule has 2 N–H and O–H groups in total. The second kappa shape index (κ2) is 8.66. The van der Waals surface area contributed by atoms with E-state index in [1.54, 1.807) is 0 Å². The zero-order chi connectivity index (χ0) is 12.8. The van der Waals surface area contributed by atoms with Crippen LogP contribution in [0.2, 0.25) is 0 Å². The maximum atomic E-state index is 11.7. The molecule has 1 atom stereocenters. The van der Waals surface area contributed by atoms with E-state index in [0.717, 1.165) is 44.0 Å². The molecule has 0 radical (unpaired) electrons. The number of hydrogen-bond donors (Lipinski definition) is 2. The maximum absolute atomic E-state index is 11.7. The second-order valence-corrected chi connectivity index (χ2v) is 5.94. The third-order valence-electron chi connectivity index (χ3n) is 3.33. The van der Waals surface area contributed by atoms with Gasteiger partial charge in [-0.05, 0) is 12.8 Å². The Bertz CT molecular complexity index is 305. The number of nitrogens with zero attached hydrogens (tertiary/aromatic N) is 1. The highest BCUT2D eigenvalue weighted by Crippen LogP contribution is 2.10. The van der Waals surface area contributed by atoms with E-state index in [1.165, 1.54) is 0 Å². The van der Waals surface area contributed by atoms with Crippen molar-refractivity contribution in [2.75, 3.05) is 37.7 Å². The summed E-state index contributed by atoms with van der Waals surface area (Å²) in [7, 11) is 0. The third-order valence-corrected chi connectivity index (χ3v) is 4.46. The molecule has 2 amide bonds. The summed E-state index contributed by atoms with van der Waals surface area (Å²) in [6.45, 7) is 2.80. The fourth-order valence-corrected chi connectivity index (χ4v) is 3.25. The van der Waals surface area contributed by atoms with Gasteiger partial charge < -0.3 is 15.5 Å². The number of carbonyl (C=O) groups is 2. The summed E-state index contributed by atoms with van der Waals surface area (Å²) in [5, 5.41) is 6.04. The quantitative estimate of drug-likeness (QED) is 0.781. The molecule has 2 aliphatic heterocycles. The van der Waals surface area contributed by atoms with Crippen molar-refractivity contribution < 1.29 is 9.59 Å². The van der Waals surface area contributed by atoms with E-state index in [0.29, 0.717) is 6.42 Å². The molecule has 0 aromatic rings. The first-order valence-electron chi connectivity index (χ1n) is 6.61. The second-order valence-electron chi connectivity index (χ2n) is 4.79. The van der Waals surface area contributed by atoms with E-state index in [1.807, 2.05) is 16.7 Å². The van der Waals surface area contributed by atoms with Crippen LogP contribution in [0.5, 0.6) is 0 Å². The van der Waals surface area contributed by atoms with Gasteiger partial charge in [-0.25, -0.2) is 0 Å². The lowest BCUT2D eigenvalue weighted by Gasteiger charge is -2.22. The molecule has 0 aromatic carbocycles. The maximum Gasteiger partial charge on any atom is 0.241 e. The van der Waals surface area contributed by atoms with Gasteiger partial charge in [0.15, 0.2) is 0 Å². The molecule has 2 aliphatic rings. The zero-order valence-electron chi connectivity index (χ0n) is 11.0. The number of carbonyl (C=O) groups excluding carboxylic acids is 2. The lowest BCUT2D eigenvalue weighted by molar-refractivity contribution is -0.132. The molecule has 2 saturated heterocycles. The molecule has 19 heavy (non-hydrogen) atoms. The Morgan fingerprint density at radius 3 is 2.68 bits per heavy atom. The molecule has 2 rings (SSSR count). The molecule has 7 heteroatoms. The van der Waals surface area contributed by atoms with Gasteiger partial charge in [-0.3, -0.25) is 9.59 Å². The van der Waals surface area contributed by atoms with E-state index < -0.39 is 0 Å². The molecule has 0 aliphatic carbocycles. The highest BCUT2D eigenvalue weighted by Gasteiger charge is 2.20. The molecule has 2 heterocycles. The first-order valence-corrected chi connectivity index (χ1v) is 7.77. The van der Waals surface area contributed by atoms with Crippen LogP contribution >= 0.6 is 24.2 Å². The molecule has 5 nitrogen and oxygen atoms in total. The van der Waals surface area contributed by atoms with Crippen LogP contribution in [0, 0.1) is 0 Å². The van der Waals surface area contributed by atoms with Crippen LogP contribution in [-0.4, -0.2) is 60.4 Å². The number of thioether (sulfide) groups is 1. The van der Waals surface area contributed by atoms with Crippen LogP contribution < -0.4 is 10.6 Å². The van der Waals surface area contributed by atoms with Crippen LogP contribution in [0.3, 0.4) is 0 Å². The summed E-state index contributed by atoms with van der Waals surface area (Å²) in [6, 6.07) is 0.255. The van der Waals surface area contributed by atoms with E-state index in [9.17, 15) is 9.59 Å². The Morgan fingerprint density at radius 1 is 1.32 bits per heavy atom.